The third kappa shape index (κ3) is 2.29. The lowest BCUT2D eigenvalue weighted by Crippen LogP contribution is -2.52. The average molecular weight is 237 g/mol. The van der Waals surface area contributed by atoms with Gasteiger partial charge in [-0.25, -0.2) is 0 Å². The van der Waals surface area contributed by atoms with Gasteiger partial charge in [-0.3, -0.25) is 4.79 Å². The Bertz CT molecular complexity index is 313. The molecule has 0 heterocycles. The van der Waals surface area contributed by atoms with E-state index in [4.69, 9.17) is 5.73 Å². The topological polar surface area (TPSA) is 43.1 Å². The van der Waals surface area contributed by atoms with Crippen LogP contribution in [0.3, 0.4) is 0 Å². The van der Waals surface area contributed by atoms with Crippen LogP contribution in [0, 0.1) is 23.2 Å². The van der Waals surface area contributed by atoms with E-state index in [1.54, 1.807) is 0 Å². The molecular formula is C15H27NO. The van der Waals surface area contributed by atoms with Crippen LogP contribution in [-0.4, -0.2) is 11.3 Å². The van der Waals surface area contributed by atoms with E-state index in [-0.39, 0.29) is 0 Å². The van der Waals surface area contributed by atoms with Gasteiger partial charge in [-0.05, 0) is 50.9 Å². The summed E-state index contributed by atoms with van der Waals surface area (Å²) in [5.74, 6) is 2.78. The van der Waals surface area contributed by atoms with Crippen molar-refractivity contribution in [2.45, 2.75) is 65.3 Å². The van der Waals surface area contributed by atoms with Gasteiger partial charge < -0.3 is 5.73 Å². The van der Waals surface area contributed by atoms with Gasteiger partial charge in [0.25, 0.3) is 0 Å². The Balaban J connectivity index is 1.98. The summed E-state index contributed by atoms with van der Waals surface area (Å²) in [7, 11) is 0. The number of carbonyl (C=O) groups excluding carboxylic acids is 1. The number of nitrogens with two attached hydrogens (primary N) is 1. The van der Waals surface area contributed by atoms with Gasteiger partial charge >= 0.3 is 0 Å². The second-order valence-electron chi connectivity index (χ2n) is 7.41. The molecule has 2 aliphatic rings. The SMILES string of the molecule is CC(C)(N)C(C)(C)C(=O)CC1CC2CCC1C2. The maximum absolute atomic E-state index is 12.5. The van der Waals surface area contributed by atoms with Crippen LogP contribution in [0.15, 0.2) is 0 Å². The molecule has 2 bridgehead atoms. The van der Waals surface area contributed by atoms with E-state index in [9.17, 15) is 4.79 Å². The number of carbonyl (C=O) groups is 1. The third-order valence-corrected chi connectivity index (χ3v) is 5.64. The van der Waals surface area contributed by atoms with Crippen molar-refractivity contribution in [1.82, 2.24) is 0 Å². The molecule has 3 unspecified atom stereocenters. The Morgan fingerprint density at radius 1 is 1.18 bits per heavy atom. The van der Waals surface area contributed by atoms with Gasteiger partial charge in [0.1, 0.15) is 5.78 Å². The van der Waals surface area contributed by atoms with Crippen molar-refractivity contribution in [2.24, 2.45) is 28.9 Å². The lowest BCUT2D eigenvalue weighted by molar-refractivity contribution is -0.131. The molecule has 2 N–H and O–H groups in total. The maximum atomic E-state index is 12.5. The number of hydrogen-bond acceptors (Lipinski definition) is 2. The Morgan fingerprint density at radius 2 is 1.82 bits per heavy atom. The quantitative estimate of drug-likeness (QED) is 0.816. The molecule has 2 rings (SSSR count). The summed E-state index contributed by atoms with van der Waals surface area (Å²) in [4.78, 5) is 12.5. The fraction of sp³-hybridized carbons (Fsp3) is 0.933. The highest BCUT2D eigenvalue weighted by atomic mass is 16.1. The zero-order valence-corrected chi connectivity index (χ0v) is 11.8. The predicted molar refractivity (Wildman–Crippen MR) is 70.6 cm³/mol. The van der Waals surface area contributed by atoms with Gasteiger partial charge in [0.15, 0.2) is 0 Å². The van der Waals surface area contributed by atoms with Crippen molar-refractivity contribution < 1.29 is 4.79 Å². The molecule has 2 fully saturated rings. The molecule has 0 aromatic carbocycles. The highest BCUT2D eigenvalue weighted by molar-refractivity contribution is 5.85. The first kappa shape index (κ1) is 13.1. The van der Waals surface area contributed by atoms with Crippen molar-refractivity contribution in [3.05, 3.63) is 0 Å². The van der Waals surface area contributed by atoms with Crippen molar-refractivity contribution in [1.29, 1.82) is 0 Å². The number of ketones is 1. The van der Waals surface area contributed by atoms with Crippen LogP contribution in [0.25, 0.3) is 0 Å². The first-order valence-corrected chi connectivity index (χ1v) is 7.04. The molecule has 0 aromatic rings. The summed E-state index contributed by atoms with van der Waals surface area (Å²) in [5.41, 5.74) is 5.31. The second-order valence-corrected chi connectivity index (χ2v) is 7.41. The predicted octanol–water partition coefficient (Wildman–Crippen LogP) is 3.15. The van der Waals surface area contributed by atoms with E-state index in [1.165, 1.54) is 25.7 Å². The van der Waals surface area contributed by atoms with Crippen LogP contribution in [0.1, 0.15) is 59.8 Å². The first-order chi connectivity index (χ1) is 7.72. The van der Waals surface area contributed by atoms with Crippen molar-refractivity contribution in [2.75, 3.05) is 0 Å². The van der Waals surface area contributed by atoms with Crippen molar-refractivity contribution in [3.63, 3.8) is 0 Å². The highest BCUT2D eigenvalue weighted by Gasteiger charge is 2.45. The molecule has 0 amide bonds. The third-order valence-electron chi connectivity index (χ3n) is 5.64. The van der Waals surface area contributed by atoms with E-state index < -0.39 is 11.0 Å². The van der Waals surface area contributed by atoms with E-state index in [2.05, 4.69) is 0 Å². The highest BCUT2D eigenvalue weighted by Crippen LogP contribution is 2.50. The summed E-state index contributed by atoms with van der Waals surface area (Å²) in [6.45, 7) is 7.93. The summed E-state index contributed by atoms with van der Waals surface area (Å²) in [6, 6.07) is 0. The van der Waals surface area contributed by atoms with Crippen LogP contribution in [0.2, 0.25) is 0 Å². The van der Waals surface area contributed by atoms with E-state index in [0.717, 1.165) is 18.3 Å². The molecular weight excluding hydrogens is 210 g/mol. The van der Waals surface area contributed by atoms with E-state index in [1.807, 2.05) is 27.7 Å². The summed E-state index contributed by atoms with van der Waals surface area (Å²) < 4.78 is 0. The largest absolute Gasteiger partial charge is 0.325 e. The van der Waals surface area contributed by atoms with Crippen LogP contribution >= 0.6 is 0 Å². The van der Waals surface area contributed by atoms with Crippen LogP contribution in [-0.2, 0) is 4.79 Å². The molecule has 17 heavy (non-hydrogen) atoms. The molecule has 0 radical (unpaired) electrons. The molecule has 2 saturated carbocycles. The zero-order valence-electron chi connectivity index (χ0n) is 11.8. The van der Waals surface area contributed by atoms with E-state index >= 15 is 0 Å². The standard InChI is InChI=1S/C15H27NO/c1-14(2,15(3,4)16)13(17)9-12-8-10-5-6-11(12)7-10/h10-12H,5-9,16H2,1-4H3. The molecule has 0 saturated heterocycles. The molecule has 0 aliphatic heterocycles. The lowest BCUT2D eigenvalue weighted by atomic mass is 9.69. The molecule has 98 valence electrons. The number of fused-ring (bicyclic) bond motifs is 2. The van der Waals surface area contributed by atoms with Crippen molar-refractivity contribution in [3.8, 4) is 0 Å². The zero-order chi connectivity index (χ0) is 12.8. The minimum absolute atomic E-state index is 0.363. The summed E-state index contributed by atoms with van der Waals surface area (Å²) in [6.07, 6.45) is 6.19. The molecule has 2 heteroatoms. The fourth-order valence-corrected chi connectivity index (χ4v) is 3.48. The average Bonchev–Trinajstić information content (AvgIpc) is 2.76. The summed E-state index contributed by atoms with van der Waals surface area (Å²) in [5, 5.41) is 0. The van der Waals surface area contributed by atoms with Gasteiger partial charge in [-0.2, -0.15) is 0 Å². The Kier molecular flexibility index (Phi) is 3.14. The Hall–Kier alpha value is -0.370. The van der Waals surface area contributed by atoms with Crippen LogP contribution < -0.4 is 5.73 Å². The fourth-order valence-electron chi connectivity index (χ4n) is 3.48. The maximum Gasteiger partial charge on any atom is 0.140 e. The van der Waals surface area contributed by atoms with Gasteiger partial charge in [0.2, 0.25) is 0 Å². The Labute approximate surface area is 105 Å². The van der Waals surface area contributed by atoms with Crippen LogP contribution in [0.4, 0.5) is 0 Å². The molecule has 2 aliphatic carbocycles. The number of rotatable bonds is 4. The monoisotopic (exact) mass is 237 g/mol. The second kappa shape index (κ2) is 4.08. The smallest absolute Gasteiger partial charge is 0.140 e. The number of hydrogen-bond donors (Lipinski definition) is 1. The Morgan fingerprint density at radius 3 is 2.24 bits per heavy atom. The first-order valence-electron chi connectivity index (χ1n) is 7.04. The van der Waals surface area contributed by atoms with Gasteiger partial charge in [-0.15, -0.1) is 0 Å². The molecule has 0 spiro atoms. The minimum atomic E-state index is -0.429. The molecule has 0 aromatic heterocycles. The normalized spacial score (nSPS) is 33.1. The van der Waals surface area contributed by atoms with Crippen molar-refractivity contribution >= 4 is 5.78 Å². The van der Waals surface area contributed by atoms with Gasteiger partial charge in [0, 0.05) is 17.4 Å². The molecule has 2 nitrogen and oxygen atoms in total. The summed E-state index contributed by atoms with van der Waals surface area (Å²) >= 11 is 0. The minimum Gasteiger partial charge on any atom is -0.325 e. The van der Waals surface area contributed by atoms with Gasteiger partial charge in [0.05, 0.1) is 0 Å². The lowest BCUT2D eigenvalue weighted by Gasteiger charge is -2.38. The van der Waals surface area contributed by atoms with Crippen LogP contribution in [0.5, 0.6) is 0 Å². The molecule has 3 atom stereocenters. The van der Waals surface area contributed by atoms with Gasteiger partial charge in [-0.1, -0.05) is 20.3 Å². The van der Waals surface area contributed by atoms with E-state index in [0.29, 0.717) is 11.7 Å². The number of Topliss-reactive ketones (excluding diaryl/α,β-unsaturated/α-hetero) is 1.